The van der Waals surface area contributed by atoms with E-state index < -0.39 is 5.60 Å². The monoisotopic (exact) mass is 310 g/mol. The van der Waals surface area contributed by atoms with Crippen molar-refractivity contribution in [1.29, 1.82) is 0 Å². The van der Waals surface area contributed by atoms with E-state index in [-0.39, 0.29) is 19.3 Å². The second-order valence-corrected chi connectivity index (χ2v) is 5.86. The van der Waals surface area contributed by atoms with E-state index in [1.165, 1.54) is 0 Å². The van der Waals surface area contributed by atoms with Gasteiger partial charge in [0.2, 0.25) is 0 Å². The summed E-state index contributed by atoms with van der Waals surface area (Å²) < 4.78 is 5.78. The number of aliphatic hydroxyl groups excluding tert-OH is 1. The van der Waals surface area contributed by atoms with Crippen LogP contribution in [0.1, 0.15) is 13.8 Å². The highest BCUT2D eigenvalue weighted by molar-refractivity contribution is 5.21. The summed E-state index contributed by atoms with van der Waals surface area (Å²) >= 11 is 0. The molecule has 0 radical (unpaired) electrons. The molecule has 1 aromatic carbocycles. The fourth-order valence-electron chi connectivity index (χ4n) is 2.81. The van der Waals surface area contributed by atoms with E-state index in [4.69, 9.17) is 4.74 Å². The molecule has 2 unspecified atom stereocenters. The Morgan fingerprint density at radius 3 is 2.18 bits per heavy atom. The predicted octanol–water partition coefficient (Wildman–Crippen LogP) is 1.06. The first-order chi connectivity index (χ1) is 10.5. The minimum atomic E-state index is -1.15. The normalized spacial score (nSPS) is 15.8. The Bertz CT molecular complexity index is 410. The lowest BCUT2D eigenvalue weighted by Gasteiger charge is -2.42. The molecule has 0 aliphatic carbocycles. The average molecular weight is 310 g/mol. The molecule has 22 heavy (non-hydrogen) atoms. The Morgan fingerprint density at radius 2 is 1.73 bits per heavy atom. The van der Waals surface area contributed by atoms with Crippen LogP contribution in [0.15, 0.2) is 30.3 Å². The maximum atomic E-state index is 11.2. The van der Waals surface area contributed by atoms with Gasteiger partial charge in [-0.3, -0.25) is 4.90 Å². The minimum absolute atomic E-state index is 0.107. The molecule has 2 N–H and O–H groups in total. The Hall–Kier alpha value is -1.14. The van der Waals surface area contributed by atoms with E-state index in [9.17, 15) is 10.2 Å². The predicted molar refractivity (Wildman–Crippen MR) is 89.2 cm³/mol. The van der Waals surface area contributed by atoms with Crippen molar-refractivity contribution in [2.45, 2.75) is 25.5 Å². The first-order valence-electron chi connectivity index (χ1n) is 7.86. The molecule has 0 bridgehead atoms. The number of ether oxygens (including phenoxy) is 1. The van der Waals surface area contributed by atoms with Crippen molar-refractivity contribution in [3.8, 4) is 5.75 Å². The maximum absolute atomic E-state index is 11.2. The number of benzene rings is 1. The van der Waals surface area contributed by atoms with E-state index in [2.05, 4.69) is 4.90 Å². The molecule has 0 spiro atoms. The molecule has 1 aromatic rings. The second-order valence-electron chi connectivity index (χ2n) is 5.86. The number of para-hydroxylation sites is 1. The Balaban J connectivity index is 2.91. The van der Waals surface area contributed by atoms with Gasteiger partial charge in [0.1, 0.15) is 18.0 Å². The van der Waals surface area contributed by atoms with Crippen LogP contribution in [0.3, 0.4) is 0 Å². The van der Waals surface area contributed by atoms with Gasteiger partial charge in [0, 0.05) is 6.54 Å². The van der Waals surface area contributed by atoms with Crippen LogP contribution in [0.4, 0.5) is 0 Å². The summed E-state index contributed by atoms with van der Waals surface area (Å²) in [4.78, 5) is 3.98. The molecule has 0 heterocycles. The third kappa shape index (κ3) is 5.25. The highest BCUT2D eigenvalue weighted by Crippen LogP contribution is 2.20. The van der Waals surface area contributed by atoms with Gasteiger partial charge >= 0.3 is 0 Å². The molecule has 2 atom stereocenters. The van der Waals surface area contributed by atoms with Gasteiger partial charge in [-0.25, -0.2) is 0 Å². The number of nitrogens with zero attached hydrogens (tertiary/aromatic N) is 2. The van der Waals surface area contributed by atoms with Crippen LogP contribution in [-0.2, 0) is 0 Å². The highest BCUT2D eigenvalue weighted by Gasteiger charge is 2.40. The standard InChI is InChI=1S/C17H30N2O3/c1-5-19(6-2)16(12-20)17(21,13-18(3)4)14-22-15-10-8-7-9-11-15/h7-11,16,20-21H,5-6,12-14H2,1-4H3. The maximum Gasteiger partial charge on any atom is 0.129 e. The zero-order valence-corrected chi connectivity index (χ0v) is 14.2. The minimum Gasteiger partial charge on any atom is -0.490 e. The zero-order valence-electron chi connectivity index (χ0n) is 14.2. The van der Waals surface area contributed by atoms with Gasteiger partial charge in [-0.1, -0.05) is 32.0 Å². The van der Waals surface area contributed by atoms with Crippen molar-refractivity contribution in [3.63, 3.8) is 0 Å². The molecule has 0 fully saturated rings. The van der Waals surface area contributed by atoms with E-state index in [0.29, 0.717) is 6.54 Å². The lowest BCUT2D eigenvalue weighted by Crippen LogP contribution is -2.62. The summed E-state index contributed by atoms with van der Waals surface area (Å²) in [6.07, 6.45) is 0. The smallest absolute Gasteiger partial charge is 0.129 e. The molecule has 0 aromatic heterocycles. The van der Waals surface area contributed by atoms with Gasteiger partial charge in [-0.15, -0.1) is 0 Å². The summed E-state index contributed by atoms with van der Waals surface area (Å²) in [5.74, 6) is 0.718. The molecule has 126 valence electrons. The lowest BCUT2D eigenvalue weighted by molar-refractivity contribution is -0.0997. The topological polar surface area (TPSA) is 56.2 Å². The summed E-state index contributed by atoms with van der Waals surface area (Å²) in [5.41, 5.74) is -1.15. The number of hydrogen-bond donors (Lipinski definition) is 2. The Morgan fingerprint density at radius 1 is 1.14 bits per heavy atom. The summed E-state index contributed by atoms with van der Waals surface area (Å²) in [7, 11) is 3.81. The van der Waals surface area contributed by atoms with Crippen molar-refractivity contribution in [2.24, 2.45) is 0 Å². The van der Waals surface area contributed by atoms with Gasteiger partial charge in [0.05, 0.1) is 12.6 Å². The Labute approximate surface area is 134 Å². The number of likely N-dealkylation sites (N-methyl/N-ethyl adjacent to an activating group) is 2. The van der Waals surface area contributed by atoms with Crippen LogP contribution in [0, 0.1) is 0 Å². The molecule has 0 aliphatic rings. The lowest BCUT2D eigenvalue weighted by atomic mass is 9.93. The van der Waals surface area contributed by atoms with Gasteiger partial charge in [0.15, 0.2) is 0 Å². The van der Waals surface area contributed by atoms with Crippen LogP contribution in [0.5, 0.6) is 5.75 Å². The molecule has 0 saturated carbocycles. The van der Waals surface area contributed by atoms with Crippen molar-refractivity contribution in [3.05, 3.63) is 30.3 Å². The fraction of sp³-hybridized carbons (Fsp3) is 0.647. The third-order valence-corrected chi connectivity index (χ3v) is 3.87. The quantitative estimate of drug-likeness (QED) is 0.677. The molecule has 5 heteroatoms. The summed E-state index contributed by atoms with van der Waals surface area (Å²) in [5, 5.41) is 21.0. The molecular weight excluding hydrogens is 280 g/mol. The first-order valence-corrected chi connectivity index (χ1v) is 7.86. The van der Waals surface area contributed by atoms with Crippen LogP contribution < -0.4 is 4.74 Å². The molecule has 0 aliphatic heterocycles. The van der Waals surface area contributed by atoms with E-state index in [1.54, 1.807) is 0 Å². The number of aliphatic hydroxyl groups is 2. The number of hydrogen-bond acceptors (Lipinski definition) is 5. The van der Waals surface area contributed by atoms with Crippen LogP contribution in [-0.4, -0.2) is 78.6 Å². The third-order valence-electron chi connectivity index (χ3n) is 3.87. The summed E-state index contributed by atoms with van der Waals surface area (Å²) in [6, 6.07) is 9.07. The highest BCUT2D eigenvalue weighted by atomic mass is 16.5. The van der Waals surface area contributed by atoms with Crippen molar-refractivity contribution in [2.75, 3.05) is 46.9 Å². The van der Waals surface area contributed by atoms with Gasteiger partial charge < -0.3 is 19.8 Å². The molecule has 1 rings (SSSR count). The van der Waals surface area contributed by atoms with Crippen molar-refractivity contribution < 1.29 is 14.9 Å². The Kier molecular flexibility index (Phi) is 7.82. The van der Waals surface area contributed by atoms with Gasteiger partial charge in [-0.2, -0.15) is 0 Å². The summed E-state index contributed by atoms with van der Waals surface area (Å²) in [6.45, 7) is 6.04. The largest absolute Gasteiger partial charge is 0.490 e. The molecule has 5 nitrogen and oxygen atoms in total. The SMILES string of the molecule is CCN(CC)C(CO)C(O)(COc1ccccc1)CN(C)C. The molecular formula is C17H30N2O3. The van der Waals surface area contributed by atoms with E-state index in [0.717, 1.165) is 18.8 Å². The molecule has 0 saturated heterocycles. The van der Waals surface area contributed by atoms with Gasteiger partial charge in [0.25, 0.3) is 0 Å². The number of rotatable bonds is 10. The second kappa shape index (κ2) is 9.10. The fourth-order valence-corrected chi connectivity index (χ4v) is 2.81. The average Bonchev–Trinajstić information content (AvgIpc) is 2.50. The van der Waals surface area contributed by atoms with Gasteiger partial charge in [-0.05, 0) is 39.3 Å². The van der Waals surface area contributed by atoms with Crippen LogP contribution in [0.25, 0.3) is 0 Å². The van der Waals surface area contributed by atoms with E-state index >= 15 is 0 Å². The zero-order chi connectivity index (χ0) is 16.6. The first kappa shape index (κ1) is 18.9. The van der Waals surface area contributed by atoms with Crippen LogP contribution >= 0.6 is 0 Å². The van der Waals surface area contributed by atoms with E-state index in [1.807, 2.05) is 63.2 Å². The van der Waals surface area contributed by atoms with Crippen molar-refractivity contribution >= 4 is 0 Å². The molecule has 0 amide bonds. The van der Waals surface area contributed by atoms with Crippen molar-refractivity contribution in [1.82, 2.24) is 9.80 Å². The van der Waals surface area contributed by atoms with Crippen LogP contribution in [0.2, 0.25) is 0 Å².